The Bertz CT molecular complexity index is 347. The van der Waals surface area contributed by atoms with E-state index < -0.39 is 0 Å². The van der Waals surface area contributed by atoms with Crippen LogP contribution in [0, 0.1) is 5.92 Å². The van der Waals surface area contributed by atoms with Gasteiger partial charge in [-0.05, 0) is 43.7 Å². The van der Waals surface area contributed by atoms with E-state index in [9.17, 15) is 0 Å². The minimum Gasteiger partial charge on any atom is -0.396 e. The molecule has 0 fully saturated rings. The fourth-order valence-corrected chi connectivity index (χ4v) is 2.17. The van der Waals surface area contributed by atoms with Crippen LogP contribution in [0.1, 0.15) is 57.7 Å². The molecule has 0 bridgehead atoms. The number of aryl methyl sites for hydroxylation is 1. The maximum atomic E-state index is 9.17. The zero-order valence-corrected chi connectivity index (χ0v) is 12.8. The number of aliphatic hydroxyl groups excluding tert-OH is 1. The van der Waals surface area contributed by atoms with Crippen molar-refractivity contribution in [3.8, 4) is 0 Å². The van der Waals surface area contributed by atoms with E-state index in [1.54, 1.807) is 0 Å². The van der Waals surface area contributed by atoms with Gasteiger partial charge in [0.05, 0.1) is 0 Å². The fraction of sp³-hybridized carbons (Fsp3) is 0.647. The largest absolute Gasteiger partial charge is 0.396 e. The van der Waals surface area contributed by atoms with Crippen LogP contribution in [0.2, 0.25) is 0 Å². The number of hydrogen-bond acceptors (Lipinski definition) is 2. The van der Waals surface area contributed by atoms with Crippen LogP contribution in [-0.4, -0.2) is 17.8 Å². The highest BCUT2D eigenvalue weighted by Crippen LogP contribution is 2.16. The lowest BCUT2D eigenvalue weighted by atomic mass is 10.00. The quantitative estimate of drug-likeness (QED) is 0.749. The van der Waals surface area contributed by atoms with Crippen LogP contribution >= 0.6 is 0 Å². The molecule has 2 nitrogen and oxygen atoms in total. The lowest BCUT2D eigenvalue weighted by molar-refractivity contribution is 0.202. The van der Waals surface area contributed by atoms with Gasteiger partial charge >= 0.3 is 0 Å². The standard InChI is InChI=1S/C17H29NO/c1-5-6-7-16-8-10-17(11-9-16)15(4)18-14(3)13(2)12-19/h8-11,13-15,18-19H,5-7,12H2,1-4H3. The third kappa shape index (κ3) is 5.33. The highest BCUT2D eigenvalue weighted by Gasteiger charge is 2.14. The molecule has 1 aromatic carbocycles. The Kier molecular flexibility index (Phi) is 7.11. The Morgan fingerprint density at radius 2 is 1.74 bits per heavy atom. The highest BCUT2D eigenvalue weighted by molar-refractivity contribution is 5.24. The number of aliphatic hydroxyl groups is 1. The van der Waals surface area contributed by atoms with Gasteiger partial charge in [-0.15, -0.1) is 0 Å². The summed E-state index contributed by atoms with van der Waals surface area (Å²) in [5.41, 5.74) is 2.74. The normalized spacial score (nSPS) is 16.1. The molecular weight excluding hydrogens is 234 g/mol. The molecule has 0 aliphatic rings. The SMILES string of the molecule is CCCCc1ccc(C(C)NC(C)C(C)CO)cc1. The van der Waals surface area contributed by atoms with E-state index in [4.69, 9.17) is 5.11 Å². The van der Waals surface area contributed by atoms with Gasteiger partial charge in [-0.1, -0.05) is 44.5 Å². The number of unbranched alkanes of at least 4 members (excludes halogenated alkanes) is 1. The summed E-state index contributed by atoms with van der Waals surface area (Å²) < 4.78 is 0. The first kappa shape index (κ1) is 16.2. The summed E-state index contributed by atoms with van der Waals surface area (Å²) in [4.78, 5) is 0. The first-order chi connectivity index (χ1) is 9.08. The van der Waals surface area contributed by atoms with Gasteiger partial charge in [-0.25, -0.2) is 0 Å². The monoisotopic (exact) mass is 263 g/mol. The molecule has 0 heterocycles. The number of hydrogen-bond donors (Lipinski definition) is 2. The molecule has 1 rings (SSSR count). The van der Waals surface area contributed by atoms with E-state index in [-0.39, 0.29) is 12.5 Å². The van der Waals surface area contributed by atoms with Crippen LogP contribution in [-0.2, 0) is 6.42 Å². The van der Waals surface area contributed by atoms with E-state index in [1.165, 1.54) is 30.4 Å². The highest BCUT2D eigenvalue weighted by atomic mass is 16.3. The zero-order valence-electron chi connectivity index (χ0n) is 12.8. The molecule has 108 valence electrons. The second kappa shape index (κ2) is 8.34. The third-order valence-corrected chi connectivity index (χ3v) is 3.95. The van der Waals surface area contributed by atoms with Crippen molar-refractivity contribution in [3.63, 3.8) is 0 Å². The summed E-state index contributed by atoms with van der Waals surface area (Å²) in [6, 6.07) is 9.56. The van der Waals surface area contributed by atoms with Gasteiger partial charge in [0.1, 0.15) is 0 Å². The van der Waals surface area contributed by atoms with Crippen molar-refractivity contribution in [2.45, 2.75) is 59.0 Å². The van der Waals surface area contributed by atoms with Crippen molar-refractivity contribution in [1.82, 2.24) is 5.32 Å². The van der Waals surface area contributed by atoms with Crippen LogP contribution in [0.15, 0.2) is 24.3 Å². The first-order valence-corrected chi connectivity index (χ1v) is 7.54. The summed E-state index contributed by atoms with van der Waals surface area (Å²) >= 11 is 0. The molecular formula is C17H29NO. The Morgan fingerprint density at radius 1 is 1.11 bits per heavy atom. The summed E-state index contributed by atoms with van der Waals surface area (Å²) in [7, 11) is 0. The van der Waals surface area contributed by atoms with Gasteiger partial charge in [0, 0.05) is 18.7 Å². The Hall–Kier alpha value is -0.860. The van der Waals surface area contributed by atoms with Gasteiger partial charge in [0.15, 0.2) is 0 Å². The molecule has 0 radical (unpaired) electrons. The molecule has 2 N–H and O–H groups in total. The van der Waals surface area contributed by atoms with Gasteiger partial charge in [-0.3, -0.25) is 0 Å². The molecule has 0 saturated carbocycles. The summed E-state index contributed by atoms with van der Waals surface area (Å²) in [5.74, 6) is 0.284. The third-order valence-electron chi connectivity index (χ3n) is 3.95. The zero-order chi connectivity index (χ0) is 14.3. The number of nitrogens with one attached hydrogen (secondary N) is 1. The molecule has 1 aromatic rings. The van der Waals surface area contributed by atoms with Crippen LogP contribution in [0.25, 0.3) is 0 Å². The van der Waals surface area contributed by atoms with Crippen LogP contribution in [0.4, 0.5) is 0 Å². The molecule has 0 amide bonds. The maximum absolute atomic E-state index is 9.17. The Balaban J connectivity index is 2.55. The average Bonchev–Trinajstić information content (AvgIpc) is 2.44. The van der Waals surface area contributed by atoms with E-state index in [0.717, 1.165) is 0 Å². The lowest BCUT2D eigenvalue weighted by Crippen LogP contribution is -2.35. The van der Waals surface area contributed by atoms with Gasteiger partial charge in [0.25, 0.3) is 0 Å². The molecule has 0 aromatic heterocycles. The van der Waals surface area contributed by atoms with Gasteiger partial charge in [0.2, 0.25) is 0 Å². The lowest BCUT2D eigenvalue weighted by Gasteiger charge is -2.24. The van der Waals surface area contributed by atoms with E-state index >= 15 is 0 Å². The summed E-state index contributed by atoms with van der Waals surface area (Å²) in [5, 5.41) is 12.7. The van der Waals surface area contributed by atoms with E-state index in [0.29, 0.717) is 12.1 Å². The van der Waals surface area contributed by atoms with E-state index in [2.05, 4.69) is 57.3 Å². The van der Waals surface area contributed by atoms with Gasteiger partial charge in [-0.2, -0.15) is 0 Å². The van der Waals surface area contributed by atoms with Gasteiger partial charge < -0.3 is 10.4 Å². The van der Waals surface area contributed by atoms with Crippen molar-refractivity contribution >= 4 is 0 Å². The molecule has 0 spiro atoms. The average molecular weight is 263 g/mol. The van der Waals surface area contributed by atoms with Crippen LogP contribution in [0.3, 0.4) is 0 Å². The Morgan fingerprint density at radius 3 is 2.26 bits per heavy atom. The second-order valence-corrected chi connectivity index (χ2v) is 5.68. The molecule has 3 atom stereocenters. The van der Waals surface area contributed by atoms with Crippen molar-refractivity contribution in [1.29, 1.82) is 0 Å². The minimum atomic E-state index is 0.233. The number of rotatable bonds is 8. The predicted molar refractivity (Wildman–Crippen MR) is 82.3 cm³/mol. The van der Waals surface area contributed by atoms with Crippen molar-refractivity contribution in [3.05, 3.63) is 35.4 Å². The van der Waals surface area contributed by atoms with Crippen LogP contribution in [0.5, 0.6) is 0 Å². The Labute approximate surface area is 118 Å². The summed E-state index contributed by atoms with van der Waals surface area (Å²) in [6.45, 7) is 8.84. The summed E-state index contributed by atoms with van der Waals surface area (Å²) in [6.07, 6.45) is 3.69. The molecule has 3 unspecified atom stereocenters. The maximum Gasteiger partial charge on any atom is 0.0471 e. The number of benzene rings is 1. The topological polar surface area (TPSA) is 32.3 Å². The smallest absolute Gasteiger partial charge is 0.0471 e. The van der Waals surface area contributed by atoms with Crippen molar-refractivity contribution in [2.24, 2.45) is 5.92 Å². The minimum absolute atomic E-state index is 0.233. The van der Waals surface area contributed by atoms with Crippen molar-refractivity contribution in [2.75, 3.05) is 6.61 Å². The predicted octanol–water partition coefficient (Wildman–Crippen LogP) is 3.70. The second-order valence-electron chi connectivity index (χ2n) is 5.68. The molecule has 0 saturated heterocycles. The fourth-order valence-electron chi connectivity index (χ4n) is 2.17. The van der Waals surface area contributed by atoms with E-state index in [1.807, 2.05) is 0 Å². The van der Waals surface area contributed by atoms with Crippen molar-refractivity contribution < 1.29 is 5.11 Å². The molecule has 19 heavy (non-hydrogen) atoms. The molecule has 2 heteroatoms. The molecule has 0 aliphatic carbocycles. The first-order valence-electron chi connectivity index (χ1n) is 7.54. The molecule has 0 aliphatic heterocycles. The van der Waals surface area contributed by atoms with Crippen LogP contribution < -0.4 is 5.32 Å².